The third-order valence-corrected chi connectivity index (χ3v) is 3.31. The molecule has 0 aromatic carbocycles. The second-order valence-electron chi connectivity index (χ2n) is 2.79. The van der Waals surface area contributed by atoms with E-state index < -0.39 is 5.97 Å². The summed E-state index contributed by atoms with van der Waals surface area (Å²) in [7, 11) is 0. The quantitative estimate of drug-likeness (QED) is 0.803. The predicted octanol–water partition coefficient (Wildman–Crippen LogP) is 2.37. The van der Waals surface area contributed by atoms with Crippen LogP contribution in [-0.2, 0) is 0 Å². The van der Waals surface area contributed by atoms with E-state index in [0.29, 0.717) is 10.9 Å². The first-order chi connectivity index (χ1) is 5.70. The molecule has 0 bridgehead atoms. The molecule has 0 amide bonds. The molecule has 0 aliphatic heterocycles. The number of aromatic nitrogens is 1. The largest absolute Gasteiger partial charge is 0.476 e. The molecule has 0 saturated heterocycles. The molecule has 0 unspecified atom stereocenters. The number of hydrogen-bond acceptors (Lipinski definition) is 3. The van der Waals surface area contributed by atoms with Gasteiger partial charge in [0.25, 0.3) is 0 Å². The zero-order valence-electron chi connectivity index (χ0n) is 6.08. The van der Waals surface area contributed by atoms with E-state index in [1.807, 2.05) is 0 Å². The highest BCUT2D eigenvalue weighted by molar-refractivity contribution is 7.06. The highest BCUT2D eigenvalue weighted by Crippen LogP contribution is 2.46. The molecule has 1 N–H and O–H groups in total. The van der Waals surface area contributed by atoms with Crippen LogP contribution >= 0.6 is 23.1 Å². The lowest BCUT2D eigenvalue weighted by Gasteiger charge is -1.90. The van der Waals surface area contributed by atoms with Gasteiger partial charge < -0.3 is 5.11 Å². The van der Waals surface area contributed by atoms with Crippen molar-refractivity contribution in [2.24, 2.45) is 0 Å². The minimum atomic E-state index is -1.04. The summed E-state index contributed by atoms with van der Waals surface area (Å²) in [6, 6.07) is 0. The lowest BCUT2D eigenvalue weighted by molar-refractivity contribution is 0.0692. The van der Waals surface area contributed by atoms with Gasteiger partial charge in [-0.25, -0.2) is 4.79 Å². The molecule has 3 nitrogen and oxygen atoms in total. The Balaban J connectivity index is 2.39. The zero-order chi connectivity index (χ0) is 8.72. The first-order valence-electron chi connectivity index (χ1n) is 3.58. The Kier molecular flexibility index (Phi) is 1.81. The van der Waals surface area contributed by atoms with Crippen LogP contribution in [0.5, 0.6) is 0 Å². The van der Waals surface area contributed by atoms with Crippen molar-refractivity contribution < 1.29 is 9.90 Å². The molecule has 5 heteroatoms. The second kappa shape index (κ2) is 2.71. The van der Waals surface area contributed by atoms with Gasteiger partial charge in [-0.05, 0) is 30.3 Å². The van der Waals surface area contributed by atoms with Crippen LogP contribution in [0.1, 0.15) is 34.1 Å². The van der Waals surface area contributed by atoms with Gasteiger partial charge in [-0.2, -0.15) is 4.37 Å². The Hall–Kier alpha value is -0.610. The fourth-order valence-electron chi connectivity index (χ4n) is 1.02. The maximum absolute atomic E-state index is 10.5. The van der Waals surface area contributed by atoms with E-state index in [2.05, 4.69) is 4.37 Å². The van der Waals surface area contributed by atoms with Crippen LogP contribution in [0.3, 0.4) is 0 Å². The third-order valence-electron chi connectivity index (χ3n) is 1.81. The molecule has 12 heavy (non-hydrogen) atoms. The number of aromatic carboxylic acids is 1. The summed E-state index contributed by atoms with van der Waals surface area (Å²) < 4.78 is 3.79. The predicted molar refractivity (Wildman–Crippen MR) is 46.1 cm³/mol. The van der Waals surface area contributed by atoms with Gasteiger partial charge in [0.2, 0.25) is 0 Å². The van der Waals surface area contributed by atoms with Gasteiger partial charge in [-0.3, -0.25) is 0 Å². The van der Waals surface area contributed by atoms with Gasteiger partial charge >= 0.3 is 5.97 Å². The molecule has 1 aliphatic carbocycles. The van der Waals surface area contributed by atoms with Gasteiger partial charge in [0.1, 0.15) is 0 Å². The zero-order valence-corrected chi connectivity index (χ0v) is 7.65. The van der Waals surface area contributed by atoms with E-state index >= 15 is 0 Å². The fraction of sp³-hybridized carbons (Fsp3) is 0.429. The summed E-state index contributed by atoms with van der Waals surface area (Å²) in [4.78, 5) is 11.5. The van der Waals surface area contributed by atoms with Crippen molar-refractivity contribution in [3.8, 4) is 0 Å². The maximum atomic E-state index is 10.5. The van der Waals surface area contributed by atoms with E-state index in [4.69, 9.17) is 16.7 Å². The van der Waals surface area contributed by atoms with Gasteiger partial charge in [0.05, 0.1) is 5.02 Å². The molecule has 64 valence electrons. The molecular formula is C7H6ClNO2S. The van der Waals surface area contributed by atoms with Gasteiger partial charge in [-0.1, -0.05) is 11.6 Å². The molecule has 0 spiro atoms. The molecule has 1 fully saturated rings. The highest BCUT2D eigenvalue weighted by Gasteiger charge is 2.30. The van der Waals surface area contributed by atoms with Crippen LogP contribution in [-0.4, -0.2) is 15.4 Å². The molecule has 1 heterocycles. The lowest BCUT2D eigenvalue weighted by Crippen LogP contribution is -1.96. The number of halogens is 1. The highest BCUT2D eigenvalue weighted by atomic mass is 35.5. The van der Waals surface area contributed by atoms with Crippen molar-refractivity contribution in [1.29, 1.82) is 0 Å². The van der Waals surface area contributed by atoms with Crippen molar-refractivity contribution in [1.82, 2.24) is 4.37 Å². The fourth-order valence-corrected chi connectivity index (χ4v) is 2.38. The van der Waals surface area contributed by atoms with Crippen LogP contribution in [0.2, 0.25) is 5.02 Å². The Morgan fingerprint density at radius 2 is 2.33 bits per heavy atom. The van der Waals surface area contributed by atoms with Crippen LogP contribution in [0.15, 0.2) is 0 Å². The molecule has 0 radical (unpaired) electrons. The standard InChI is InChI=1S/C7H6ClNO2S/c8-4-5(7(10)11)9-12-6(4)3-1-2-3/h3H,1-2H2,(H,10,11). The normalized spacial score (nSPS) is 16.4. The molecule has 1 aliphatic rings. The van der Waals surface area contributed by atoms with E-state index in [1.54, 1.807) is 0 Å². The Labute approximate surface area is 78.1 Å². The van der Waals surface area contributed by atoms with Crippen molar-refractivity contribution in [3.05, 3.63) is 15.6 Å². The first-order valence-corrected chi connectivity index (χ1v) is 4.73. The topological polar surface area (TPSA) is 50.2 Å². The molecular weight excluding hydrogens is 198 g/mol. The number of carboxylic acids is 1. The van der Waals surface area contributed by atoms with E-state index in [0.717, 1.165) is 17.7 Å². The van der Waals surface area contributed by atoms with Gasteiger partial charge in [0.15, 0.2) is 5.69 Å². The van der Waals surface area contributed by atoms with Crippen molar-refractivity contribution in [2.75, 3.05) is 0 Å². The number of nitrogens with zero attached hydrogens (tertiary/aromatic N) is 1. The molecule has 1 aromatic rings. The average Bonchev–Trinajstić information content (AvgIpc) is 2.75. The van der Waals surface area contributed by atoms with Crippen molar-refractivity contribution >= 4 is 29.1 Å². The Bertz CT molecular complexity index is 332. The van der Waals surface area contributed by atoms with E-state index in [9.17, 15) is 4.79 Å². The Morgan fingerprint density at radius 1 is 1.67 bits per heavy atom. The molecule has 1 saturated carbocycles. The van der Waals surface area contributed by atoms with Crippen molar-refractivity contribution in [2.45, 2.75) is 18.8 Å². The minimum Gasteiger partial charge on any atom is -0.476 e. The summed E-state index contributed by atoms with van der Waals surface area (Å²) in [6.07, 6.45) is 2.22. The summed E-state index contributed by atoms with van der Waals surface area (Å²) in [5.41, 5.74) is 0.00330. The number of carboxylic acid groups (broad SMARTS) is 1. The van der Waals surface area contributed by atoms with Crippen LogP contribution in [0.4, 0.5) is 0 Å². The summed E-state index contributed by atoms with van der Waals surface area (Å²) in [5.74, 6) is -0.564. The minimum absolute atomic E-state index is 0.00330. The monoisotopic (exact) mass is 203 g/mol. The molecule has 2 rings (SSSR count). The summed E-state index contributed by atoms with van der Waals surface area (Å²) >= 11 is 7.03. The molecule has 0 atom stereocenters. The van der Waals surface area contributed by atoms with Gasteiger partial charge in [0, 0.05) is 4.88 Å². The summed E-state index contributed by atoms with van der Waals surface area (Å²) in [5, 5.41) is 8.98. The van der Waals surface area contributed by atoms with Gasteiger partial charge in [-0.15, -0.1) is 0 Å². The smallest absolute Gasteiger partial charge is 0.357 e. The SMILES string of the molecule is O=C(O)c1nsc(C2CC2)c1Cl. The van der Waals surface area contributed by atoms with Crippen LogP contribution in [0.25, 0.3) is 0 Å². The average molecular weight is 204 g/mol. The van der Waals surface area contributed by atoms with Crippen LogP contribution in [0, 0.1) is 0 Å². The van der Waals surface area contributed by atoms with Crippen molar-refractivity contribution in [3.63, 3.8) is 0 Å². The molecule has 1 aromatic heterocycles. The second-order valence-corrected chi connectivity index (χ2v) is 3.97. The number of rotatable bonds is 2. The van der Waals surface area contributed by atoms with E-state index in [-0.39, 0.29) is 5.69 Å². The Morgan fingerprint density at radius 3 is 2.75 bits per heavy atom. The first kappa shape index (κ1) is 8.01. The number of hydrogen-bond donors (Lipinski definition) is 1. The lowest BCUT2D eigenvalue weighted by atomic mass is 10.3. The van der Waals surface area contributed by atoms with Crippen LogP contribution < -0.4 is 0 Å². The summed E-state index contributed by atoms with van der Waals surface area (Å²) in [6.45, 7) is 0. The van der Waals surface area contributed by atoms with E-state index in [1.165, 1.54) is 11.5 Å². The maximum Gasteiger partial charge on any atom is 0.357 e. The number of carbonyl (C=O) groups is 1. The third kappa shape index (κ3) is 1.21.